The van der Waals surface area contributed by atoms with Crippen molar-refractivity contribution in [1.82, 2.24) is 0 Å². The number of benzene rings is 1. The molecule has 132 valence electrons. The summed E-state index contributed by atoms with van der Waals surface area (Å²) in [6, 6.07) is 10.0. The van der Waals surface area contributed by atoms with Gasteiger partial charge >= 0.3 is 5.97 Å². The minimum atomic E-state index is -0.159. The molecule has 0 N–H and O–H groups in total. The van der Waals surface area contributed by atoms with Crippen LogP contribution >= 0.6 is 0 Å². The quantitative estimate of drug-likeness (QED) is 0.465. The molecule has 0 amide bonds. The molecule has 0 aliphatic heterocycles. The molecule has 0 aliphatic carbocycles. The number of rotatable bonds is 9. The van der Waals surface area contributed by atoms with Crippen LogP contribution in [0.5, 0.6) is 0 Å². The number of carbonyl (C=O) groups is 1. The van der Waals surface area contributed by atoms with Gasteiger partial charge in [-0.2, -0.15) is 0 Å². The molecular weight excluding hydrogens is 354 g/mol. The first kappa shape index (κ1) is 22.1. The third-order valence-corrected chi connectivity index (χ3v) is 5.03. The zero-order valence-corrected chi connectivity index (χ0v) is 16.8. The number of esters is 1. The van der Waals surface area contributed by atoms with Crippen molar-refractivity contribution in [1.29, 1.82) is 0 Å². The minimum Gasteiger partial charge on any atom is -1.00 e. The Bertz CT molecular complexity index is 446. The Kier molecular flexibility index (Phi) is 10.4. The van der Waals surface area contributed by atoms with Crippen LogP contribution in [-0.2, 0) is 9.53 Å². The molecule has 1 aromatic rings. The minimum absolute atomic E-state index is 0. The summed E-state index contributed by atoms with van der Waals surface area (Å²) in [5.41, 5.74) is 1.06. The van der Waals surface area contributed by atoms with Gasteiger partial charge in [-0.15, -0.1) is 0 Å². The second-order valence-corrected chi connectivity index (χ2v) is 6.42. The van der Waals surface area contributed by atoms with Crippen LogP contribution < -0.4 is 17.0 Å². The van der Waals surface area contributed by atoms with Crippen molar-refractivity contribution in [3.63, 3.8) is 0 Å². The Balaban J connectivity index is 0.00000484. The first-order valence-electron chi connectivity index (χ1n) is 8.52. The lowest BCUT2D eigenvalue weighted by molar-refractivity contribution is -0.906. The fraction of sp³-hybridized carbons (Fsp3) is 0.632. The van der Waals surface area contributed by atoms with Crippen LogP contribution in [0.1, 0.15) is 45.6 Å². The molecule has 0 aromatic heterocycles. The molecule has 0 heterocycles. The van der Waals surface area contributed by atoms with Gasteiger partial charge in [0.15, 0.2) is 0 Å². The summed E-state index contributed by atoms with van der Waals surface area (Å²) < 4.78 is 6.56. The highest BCUT2D eigenvalue weighted by atomic mass is 79.9. The van der Waals surface area contributed by atoms with Gasteiger partial charge in [-0.1, -0.05) is 50.6 Å². The second-order valence-electron chi connectivity index (χ2n) is 6.42. The van der Waals surface area contributed by atoms with Crippen LogP contribution in [0.2, 0.25) is 0 Å². The van der Waals surface area contributed by atoms with Crippen LogP contribution in [0.4, 0.5) is 0 Å². The van der Waals surface area contributed by atoms with Gasteiger partial charge in [0.05, 0.1) is 26.1 Å². The van der Waals surface area contributed by atoms with E-state index < -0.39 is 0 Å². The molecule has 0 aliphatic rings. The zero-order valence-electron chi connectivity index (χ0n) is 15.2. The zero-order chi connectivity index (χ0) is 16.6. The van der Waals surface area contributed by atoms with Crippen molar-refractivity contribution in [2.24, 2.45) is 5.92 Å². The number of nitrogens with zero attached hydrogens (tertiary/aromatic N) is 1. The van der Waals surface area contributed by atoms with Gasteiger partial charge in [0.1, 0.15) is 13.2 Å². The lowest BCUT2D eigenvalue weighted by Crippen LogP contribution is -3.00. The predicted molar refractivity (Wildman–Crippen MR) is 91.7 cm³/mol. The highest BCUT2D eigenvalue weighted by Gasteiger charge is 2.28. The van der Waals surface area contributed by atoms with E-state index in [1.54, 1.807) is 0 Å². The molecule has 1 aromatic carbocycles. The number of hydrogen-bond donors (Lipinski definition) is 0. The van der Waals surface area contributed by atoms with Crippen molar-refractivity contribution < 1.29 is 31.0 Å². The maximum absolute atomic E-state index is 12.6. The van der Waals surface area contributed by atoms with E-state index in [0.717, 1.165) is 36.1 Å². The maximum Gasteiger partial charge on any atom is 0.313 e. The normalized spacial score (nSPS) is 13.8. The van der Waals surface area contributed by atoms with Gasteiger partial charge in [-0.25, -0.2) is 0 Å². The number of halogens is 1. The standard InChI is InChI=1S/C19H32NO2.BrH/c1-6-16(4)18(17-12-10-9-11-13-17)19(21)22-15-14-20(5,7-2)8-3;/h9-13,16,18H,6-8,14-15H2,1-5H3;1H/q+1;/p-1. The van der Waals surface area contributed by atoms with Gasteiger partial charge in [-0.3, -0.25) is 4.79 Å². The van der Waals surface area contributed by atoms with E-state index in [1.165, 1.54) is 0 Å². The Morgan fingerprint density at radius 2 is 1.70 bits per heavy atom. The number of carbonyl (C=O) groups excluding carboxylic acids is 1. The molecule has 3 nitrogen and oxygen atoms in total. The average Bonchev–Trinajstić information content (AvgIpc) is 2.55. The molecule has 1 rings (SSSR count). The van der Waals surface area contributed by atoms with Gasteiger partial charge < -0.3 is 26.2 Å². The fourth-order valence-electron chi connectivity index (χ4n) is 2.59. The number of hydrogen-bond acceptors (Lipinski definition) is 2. The molecule has 0 spiro atoms. The Hall–Kier alpha value is -0.870. The molecular formula is C19H32BrNO2. The van der Waals surface area contributed by atoms with Crippen LogP contribution in [0.3, 0.4) is 0 Å². The van der Waals surface area contributed by atoms with E-state index in [9.17, 15) is 4.79 Å². The molecule has 4 heteroatoms. The first-order chi connectivity index (χ1) is 10.5. The summed E-state index contributed by atoms with van der Waals surface area (Å²) in [6.45, 7) is 12.1. The van der Waals surface area contributed by atoms with Gasteiger partial charge in [0, 0.05) is 0 Å². The SMILES string of the molecule is CCC(C)C(C(=O)OCC[N+](C)(CC)CC)c1ccccc1.[Br-]. The van der Waals surface area contributed by atoms with Crippen LogP contribution in [-0.4, -0.2) is 43.7 Å². The lowest BCUT2D eigenvalue weighted by Gasteiger charge is -2.32. The molecule has 2 atom stereocenters. The summed E-state index contributed by atoms with van der Waals surface area (Å²) in [5.74, 6) is 0.0423. The average molecular weight is 386 g/mol. The molecule has 0 radical (unpaired) electrons. The van der Waals surface area contributed by atoms with Gasteiger partial charge in [-0.05, 0) is 25.3 Å². The van der Waals surface area contributed by atoms with E-state index in [2.05, 4.69) is 34.7 Å². The Morgan fingerprint density at radius 3 is 2.17 bits per heavy atom. The molecule has 2 unspecified atom stereocenters. The fourth-order valence-corrected chi connectivity index (χ4v) is 2.59. The summed E-state index contributed by atoms with van der Waals surface area (Å²) >= 11 is 0. The molecule has 23 heavy (non-hydrogen) atoms. The van der Waals surface area contributed by atoms with Crippen molar-refractivity contribution in [3.8, 4) is 0 Å². The monoisotopic (exact) mass is 385 g/mol. The predicted octanol–water partition coefficient (Wildman–Crippen LogP) is 0.850. The van der Waals surface area contributed by atoms with Gasteiger partial charge in [0.2, 0.25) is 0 Å². The van der Waals surface area contributed by atoms with E-state index in [-0.39, 0.29) is 34.8 Å². The molecule has 0 saturated heterocycles. The molecule has 0 fully saturated rings. The summed E-state index contributed by atoms with van der Waals surface area (Å²) in [6.07, 6.45) is 0.965. The van der Waals surface area contributed by atoms with Crippen LogP contribution in [0, 0.1) is 5.92 Å². The van der Waals surface area contributed by atoms with Crippen molar-refractivity contribution in [3.05, 3.63) is 35.9 Å². The van der Waals surface area contributed by atoms with Gasteiger partial charge in [0.25, 0.3) is 0 Å². The topological polar surface area (TPSA) is 26.3 Å². The van der Waals surface area contributed by atoms with Crippen LogP contribution in [0.25, 0.3) is 0 Å². The molecule has 0 bridgehead atoms. The van der Waals surface area contributed by atoms with Crippen molar-refractivity contribution in [2.45, 2.75) is 40.0 Å². The van der Waals surface area contributed by atoms with E-state index in [1.807, 2.05) is 30.3 Å². The largest absolute Gasteiger partial charge is 1.00 e. The summed E-state index contributed by atoms with van der Waals surface area (Å²) in [4.78, 5) is 12.6. The second kappa shape index (κ2) is 10.8. The highest BCUT2D eigenvalue weighted by molar-refractivity contribution is 5.78. The number of ether oxygens (including phenoxy) is 1. The smallest absolute Gasteiger partial charge is 0.313 e. The third kappa shape index (κ3) is 6.64. The third-order valence-electron chi connectivity index (χ3n) is 5.03. The van der Waals surface area contributed by atoms with Crippen LogP contribution in [0.15, 0.2) is 30.3 Å². The van der Waals surface area contributed by atoms with E-state index in [0.29, 0.717) is 6.61 Å². The summed E-state index contributed by atoms with van der Waals surface area (Å²) in [5, 5.41) is 0. The maximum atomic E-state index is 12.6. The van der Waals surface area contributed by atoms with E-state index in [4.69, 9.17) is 4.74 Å². The van der Waals surface area contributed by atoms with Crippen molar-refractivity contribution >= 4 is 5.97 Å². The Morgan fingerprint density at radius 1 is 1.13 bits per heavy atom. The highest BCUT2D eigenvalue weighted by Crippen LogP contribution is 2.28. The Labute approximate surface area is 152 Å². The first-order valence-corrected chi connectivity index (χ1v) is 8.52. The number of quaternary nitrogens is 1. The lowest BCUT2D eigenvalue weighted by atomic mass is 9.86. The summed E-state index contributed by atoms with van der Waals surface area (Å²) in [7, 11) is 2.21. The molecule has 0 saturated carbocycles. The van der Waals surface area contributed by atoms with Crippen molar-refractivity contribution in [2.75, 3.05) is 33.3 Å². The number of likely N-dealkylation sites (N-methyl/N-ethyl adjacent to an activating group) is 1. The van der Waals surface area contributed by atoms with E-state index >= 15 is 0 Å².